The van der Waals surface area contributed by atoms with Gasteiger partial charge in [0, 0.05) is 18.1 Å². The Morgan fingerprint density at radius 2 is 2.06 bits per heavy atom. The third kappa shape index (κ3) is 3.69. The van der Waals surface area contributed by atoms with Gasteiger partial charge in [-0.05, 0) is 19.4 Å². The molecule has 0 saturated heterocycles. The molecule has 0 atom stereocenters. The van der Waals surface area contributed by atoms with Crippen molar-refractivity contribution in [2.75, 3.05) is 13.7 Å². The van der Waals surface area contributed by atoms with Crippen molar-refractivity contribution in [2.24, 2.45) is 0 Å². The number of hydrogen-bond acceptors (Lipinski definition) is 3. The van der Waals surface area contributed by atoms with Gasteiger partial charge in [0.05, 0.1) is 13.7 Å². The zero-order valence-electron chi connectivity index (χ0n) is 9.76. The van der Waals surface area contributed by atoms with Gasteiger partial charge in [-0.2, -0.15) is 0 Å². The van der Waals surface area contributed by atoms with Gasteiger partial charge in [0.15, 0.2) is 11.6 Å². The molecule has 0 fully saturated rings. The number of methoxy groups -OCH3 is 1. The second-order valence-electron chi connectivity index (χ2n) is 3.39. The van der Waals surface area contributed by atoms with Crippen molar-refractivity contribution in [3.8, 4) is 5.75 Å². The molecule has 0 saturated carbocycles. The average Bonchev–Trinajstić information content (AvgIpc) is 2.26. The van der Waals surface area contributed by atoms with Crippen LogP contribution in [0.5, 0.6) is 5.75 Å². The first-order chi connectivity index (χ1) is 8.08. The van der Waals surface area contributed by atoms with Gasteiger partial charge in [0.2, 0.25) is 0 Å². The Labute approximate surface area is 98.3 Å². The summed E-state index contributed by atoms with van der Waals surface area (Å²) in [7, 11) is 1.30. The molecule has 0 bridgehead atoms. The SMILES string of the molecule is CCOC(=O)CCc1cc(F)cc(F)c1OC. The maximum atomic E-state index is 13.3. The predicted octanol–water partition coefficient (Wildman–Crippen LogP) is 2.47. The molecule has 0 aromatic heterocycles. The first-order valence-electron chi connectivity index (χ1n) is 5.26. The maximum Gasteiger partial charge on any atom is 0.306 e. The van der Waals surface area contributed by atoms with E-state index < -0.39 is 17.6 Å². The summed E-state index contributed by atoms with van der Waals surface area (Å²) in [5.74, 6) is -1.90. The molecule has 0 aliphatic rings. The lowest BCUT2D eigenvalue weighted by Crippen LogP contribution is -2.06. The smallest absolute Gasteiger partial charge is 0.306 e. The molecule has 0 unspecified atom stereocenters. The second-order valence-corrected chi connectivity index (χ2v) is 3.39. The van der Waals surface area contributed by atoms with Crippen LogP contribution in [-0.2, 0) is 16.0 Å². The fourth-order valence-corrected chi connectivity index (χ4v) is 1.50. The van der Waals surface area contributed by atoms with Crippen LogP contribution in [-0.4, -0.2) is 19.7 Å². The molecule has 0 spiro atoms. The first-order valence-corrected chi connectivity index (χ1v) is 5.26. The number of carbonyl (C=O) groups excluding carboxylic acids is 1. The molecule has 1 aromatic carbocycles. The second kappa shape index (κ2) is 6.18. The van der Waals surface area contributed by atoms with E-state index in [9.17, 15) is 13.6 Å². The Bertz CT molecular complexity index is 405. The van der Waals surface area contributed by atoms with Crippen molar-refractivity contribution in [2.45, 2.75) is 19.8 Å². The highest BCUT2D eigenvalue weighted by atomic mass is 19.1. The number of hydrogen-bond donors (Lipinski definition) is 0. The topological polar surface area (TPSA) is 35.5 Å². The van der Waals surface area contributed by atoms with Crippen LogP contribution in [0.3, 0.4) is 0 Å². The van der Waals surface area contributed by atoms with Crippen LogP contribution in [0.2, 0.25) is 0 Å². The van der Waals surface area contributed by atoms with Gasteiger partial charge in [0.1, 0.15) is 5.82 Å². The van der Waals surface area contributed by atoms with E-state index in [0.29, 0.717) is 5.56 Å². The van der Waals surface area contributed by atoms with E-state index in [-0.39, 0.29) is 25.2 Å². The molecule has 1 aromatic rings. The minimum absolute atomic E-state index is 0.0318. The largest absolute Gasteiger partial charge is 0.493 e. The van der Waals surface area contributed by atoms with E-state index in [2.05, 4.69) is 0 Å². The van der Waals surface area contributed by atoms with Crippen molar-refractivity contribution >= 4 is 5.97 Å². The molecule has 0 amide bonds. The quantitative estimate of drug-likeness (QED) is 0.746. The van der Waals surface area contributed by atoms with E-state index in [1.807, 2.05) is 0 Å². The van der Waals surface area contributed by atoms with Crippen molar-refractivity contribution in [3.05, 3.63) is 29.3 Å². The van der Waals surface area contributed by atoms with Gasteiger partial charge < -0.3 is 9.47 Å². The fraction of sp³-hybridized carbons (Fsp3) is 0.417. The summed E-state index contributed by atoms with van der Waals surface area (Å²) >= 11 is 0. The van der Waals surface area contributed by atoms with Crippen molar-refractivity contribution < 1.29 is 23.0 Å². The number of aryl methyl sites for hydroxylation is 1. The predicted molar refractivity (Wildman–Crippen MR) is 57.9 cm³/mol. The monoisotopic (exact) mass is 244 g/mol. The number of carbonyl (C=O) groups is 1. The molecular weight excluding hydrogens is 230 g/mol. The standard InChI is InChI=1S/C12H14F2O3/c1-3-17-11(15)5-4-8-6-9(13)7-10(14)12(8)16-2/h6-7H,3-5H2,1-2H3. The molecule has 1 rings (SSSR count). The van der Waals surface area contributed by atoms with Gasteiger partial charge in [0.25, 0.3) is 0 Å². The molecule has 0 radical (unpaired) electrons. The number of rotatable bonds is 5. The van der Waals surface area contributed by atoms with E-state index >= 15 is 0 Å². The maximum absolute atomic E-state index is 13.3. The zero-order valence-corrected chi connectivity index (χ0v) is 9.76. The van der Waals surface area contributed by atoms with Gasteiger partial charge in [-0.25, -0.2) is 8.78 Å². The highest BCUT2D eigenvalue weighted by Gasteiger charge is 2.13. The number of halogens is 2. The van der Waals surface area contributed by atoms with Crippen molar-refractivity contribution in [3.63, 3.8) is 0 Å². The Hall–Kier alpha value is -1.65. The van der Waals surface area contributed by atoms with Gasteiger partial charge in [-0.3, -0.25) is 4.79 Å². The number of esters is 1. The summed E-state index contributed by atoms with van der Waals surface area (Å²) in [5, 5.41) is 0. The minimum Gasteiger partial charge on any atom is -0.493 e. The summed E-state index contributed by atoms with van der Waals surface area (Å²) in [6.07, 6.45) is 0.240. The summed E-state index contributed by atoms with van der Waals surface area (Å²) < 4.78 is 35.9. The van der Waals surface area contributed by atoms with Crippen molar-refractivity contribution in [1.29, 1.82) is 0 Å². The summed E-state index contributed by atoms with van der Waals surface area (Å²) in [4.78, 5) is 11.1. The third-order valence-corrected chi connectivity index (χ3v) is 2.19. The first kappa shape index (κ1) is 13.4. The lowest BCUT2D eigenvalue weighted by molar-refractivity contribution is -0.143. The van der Waals surface area contributed by atoms with Crippen LogP contribution in [0.25, 0.3) is 0 Å². The molecule has 0 aliphatic carbocycles. The van der Waals surface area contributed by atoms with Gasteiger partial charge in [-0.1, -0.05) is 0 Å². The minimum atomic E-state index is -0.772. The Balaban J connectivity index is 2.79. The van der Waals surface area contributed by atoms with E-state index in [4.69, 9.17) is 9.47 Å². The average molecular weight is 244 g/mol. The molecule has 3 nitrogen and oxygen atoms in total. The molecule has 94 valence electrons. The van der Waals surface area contributed by atoms with Crippen molar-refractivity contribution in [1.82, 2.24) is 0 Å². The fourth-order valence-electron chi connectivity index (χ4n) is 1.50. The van der Waals surface area contributed by atoms with Crippen LogP contribution in [0.1, 0.15) is 18.9 Å². The van der Waals surface area contributed by atoms with Crippen LogP contribution >= 0.6 is 0 Å². The van der Waals surface area contributed by atoms with Crippen LogP contribution < -0.4 is 4.74 Å². The Morgan fingerprint density at radius 1 is 1.35 bits per heavy atom. The molecule has 0 heterocycles. The summed E-state index contributed by atoms with van der Waals surface area (Å²) in [5.41, 5.74) is 0.318. The highest BCUT2D eigenvalue weighted by molar-refractivity contribution is 5.69. The normalized spacial score (nSPS) is 10.1. The zero-order chi connectivity index (χ0) is 12.8. The van der Waals surface area contributed by atoms with Crippen LogP contribution in [0, 0.1) is 11.6 Å². The van der Waals surface area contributed by atoms with Gasteiger partial charge in [-0.15, -0.1) is 0 Å². The summed E-state index contributed by atoms with van der Waals surface area (Å²) in [6.45, 7) is 1.98. The third-order valence-electron chi connectivity index (χ3n) is 2.19. The lowest BCUT2D eigenvalue weighted by Gasteiger charge is -2.09. The molecule has 0 N–H and O–H groups in total. The molecule has 0 aliphatic heterocycles. The highest BCUT2D eigenvalue weighted by Crippen LogP contribution is 2.25. The Kier molecular flexibility index (Phi) is 4.87. The molecule has 17 heavy (non-hydrogen) atoms. The lowest BCUT2D eigenvalue weighted by atomic mass is 10.1. The molecule has 5 heteroatoms. The summed E-state index contributed by atoms with van der Waals surface area (Å²) in [6, 6.07) is 1.90. The number of benzene rings is 1. The number of ether oxygens (including phenoxy) is 2. The van der Waals surface area contributed by atoms with E-state index in [1.54, 1.807) is 6.92 Å². The Morgan fingerprint density at radius 3 is 2.65 bits per heavy atom. The van der Waals surface area contributed by atoms with E-state index in [1.165, 1.54) is 7.11 Å². The van der Waals surface area contributed by atoms with Crippen LogP contribution in [0.4, 0.5) is 8.78 Å². The van der Waals surface area contributed by atoms with Crippen LogP contribution in [0.15, 0.2) is 12.1 Å². The molecular formula is C12H14F2O3. The van der Waals surface area contributed by atoms with E-state index in [0.717, 1.165) is 12.1 Å². The van der Waals surface area contributed by atoms with Gasteiger partial charge >= 0.3 is 5.97 Å².